The van der Waals surface area contributed by atoms with Gasteiger partial charge in [-0.25, -0.2) is 0 Å². The topological polar surface area (TPSA) is 58.6 Å². The van der Waals surface area contributed by atoms with E-state index < -0.39 is 0 Å². The van der Waals surface area contributed by atoms with Crippen LogP contribution in [0.1, 0.15) is 42.3 Å². The minimum absolute atomic E-state index is 0.141. The molecule has 3 aromatic carbocycles. The molecule has 0 aliphatic rings. The van der Waals surface area contributed by atoms with Crippen molar-refractivity contribution in [2.45, 2.75) is 32.7 Å². The predicted octanol–water partition coefficient (Wildman–Crippen LogP) is 6.04. The van der Waals surface area contributed by atoms with Crippen LogP contribution in [0.15, 0.2) is 77.3 Å². The van der Waals surface area contributed by atoms with E-state index in [0.717, 1.165) is 15.6 Å². The standard InChI is InChI=1S/C27H29BrN2O3/c1-27(2,3)22-16-20(28)14-15-24(22)33-18-25(31)29-23-13-9-8-12-21(23)26(32)30(4)17-19-10-6-5-7-11-19/h5-16H,17-18H2,1-4H3,(H,29,31). The molecule has 0 heterocycles. The Hall–Kier alpha value is -3.12. The fraction of sp³-hybridized carbons (Fsp3) is 0.259. The van der Waals surface area contributed by atoms with Crippen molar-refractivity contribution in [3.8, 4) is 5.75 Å². The average molecular weight is 509 g/mol. The highest BCUT2D eigenvalue weighted by Gasteiger charge is 2.21. The third-order valence-electron chi connectivity index (χ3n) is 5.15. The van der Waals surface area contributed by atoms with Gasteiger partial charge in [0.2, 0.25) is 0 Å². The summed E-state index contributed by atoms with van der Waals surface area (Å²) >= 11 is 3.50. The zero-order valence-electron chi connectivity index (χ0n) is 19.4. The number of anilines is 1. The van der Waals surface area contributed by atoms with Crippen LogP contribution in [0.2, 0.25) is 0 Å². The first-order valence-corrected chi connectivity index (χ1v) is 11.6. The molecule has 0 unspecified atom stereocenters. The maximum absolute atomic E-state index is 13.1. The van der Waals surface area contributed by atoms with Crippen LogP contribution in [0, 0.1) is 0 Å². The van der Waals surface area contributed by atoms with Crippen LogP contribution in [0.25, 0.3) is 0 Å². The van der Waals surface area contributed by atoms with E-state index in [1.807, 2.05) is 48.5 Å². The Morgan fingerprint density at radius 3 is 2.33 bits per heavy atom. The van der Waals surface area contributed by atoms with Crippen molar-refractivity contribution in [2.24, 2.45) is 0 Å². The van der Waals surface area contributed by atoms with E-state index in [2.05, 4.69) is 42.0 Å². The molecule has 0 radical (unpaired) electrons. The normalized spacial score (nSPS) is 11.1. The van der Waals surface area contributed by atoms with E-state index in [9.17, 15) is 9.59 Å². The molecular formula is C27H29BrN2O3. The molecule has 0 atom stereocenters. The molecule has 0 fully saturated rings. The molecule has 5 nitrogen and oxygen atoms in total. The lowest BCUT2D eigenvalue weighted by Gasteiger charge is -2.23. The number of hydrogen-bond donors (Lipinski definition) is 1. The van der Waals surface area contributed by atoms with Gasteiger partial charge in [0.05, 0.1) is 11.3 Å². The van der Waals surface area contributed by atoms with Gasteiger partial charge in [0.25, 0.3) is 11.8 Å². The van der Waals surface area contributed by atoms with Gasteiger partial charge in [0.1, 0.15) is 5.75 Å². The van der Waals surface area contributed by atoms with E-state index in [1.165, 1.54) is 0 Å². The molecule has 3 aromatic rings. The molecule has 3 rings (SSSR count). The Kier molecular flexibility index (Phi) is 7.92. The summed E-state index contributed by atoms with van der Waals surface area (Å²) in [6, 6.07) is 22.5. The molecule has 1 N–H and O–H groups in total. The third kappa shape index (κ3) is 6.68. The van der Waals surface area contributed by atoms with Crippen LogP contribution in [-0.2, 0) is 16.8 Å². The second kappa shape index (κ2) is 10.7. The summed E-state index contributed by atoms with van der Waals surface area (Å²) in [5.41, 5.74) is 2.79. The van der Waals surface area contributed by atoms with Crippen LogP contribution >= 0.6 is 15.9 Å². The number of rotatable bonds is 7. The summed E-state index contributed by atoms with van der Waals surface area (Å²) in [5.74, 6) is 0.162. The zero-order chi connectivity index (χ0) is 24.0. The van der Waals surface area contributed by atoms with Crippen molar-refractivity contribution in [1.82, 2.24) is 4.90 Å². The molecule has 0 aliphatic heterocycles. The Labute approximate surface area is 203 Å². The number of amides is 2. The third-order valence-corrected chi connectivity index (χ3v) is 5.64. The monoisotopic (exact) mass is 508 g/mol. The van der Waals surface area contributed by atoms with Gasteiger partial charge in [0.15, 0.2) is 6.61 Å². The van der Waals surface area contributed by atoms with Gasteiger partial charge in [-0.15, -0.1) is 0 Å². The van der Waals surface area contributed by atoms with Crippen molar-refractivity contribution in [3.05, 3.63) is 94.0 Å². The smallest absolute Gasteiger partial charge is 0.262 e. The summed E-state index contributed by atoms with van der Waals surface area (Å²) in [5, 5.41) is 2.83. The minimum atomic E-state index is -0.330. The average Bonchev–Trinajstić information content (AvgIpc) is 2.78. The van der Waals surface area contributed by atoms with Gasteiger partial charge in [-0.3, -0.25) is 9.59 Å². The van der Waals surface area contributed by atoms with E-state index in [-0.39, 0.29) is 23.8 Å². The lowest BCUT2D eigenvalue weighted by molar-refractivity contribution is -0.118. The highest BCUT2D eigenvalue weighted by Crippen LogP contribution is 2.33. The number of carbonyl (C=O) groups excluding carboxylic acids is 2. The number of carbonyl (C=O) groups is 2. The first kappa shape index (κ1) is 24.5. The van der Waals surface area contributed by atoms with E-state index >= 15 is 0 Å². The summed E-state index contributed by atoms with van der Waals surface area (Å²) in [6.07, 6.45) is 0. The number of nitrogens with zero attached hydrogens (tertiary/aromatic N) is 1. The van der Waals surface area contributed by atoms with Crippen LogP contribution in [0.4, 0.5) is 5.69 Å². The molecule has 172 valence electrons. The van der Waals surface area contributed by atoms with Crippen molar-refractivity contribution in [1.29, 1.82) is 0 Å². The van der Waals surface area contributed by atoms with Crippen molar-refractivity contribution in [2.75, 3.05) is 19.0 Å². The van der Waals surface area contributed by atoms with Crippen LogP contribution in [0.5, 0.6) is 5.75 Å². The molecule has 0 saturated carbocycles. The molecule has 0 saturated heterocycles. The highest BCUT2D eigenvalue weighted by molar-refractivity contribution is 9.10. The van der Waals surface area contributed by atoms with Crippen LogP contribution < -0.4 is 10.1 Å². The SMILES string of the molecule is CN(Cc1ccccc1)C(=O)c1ccccc1NC(=O)COc1ccc(Br)cc1C(C)(C)C. The molecule has 6 heteroatoms. The predicted molar refractivity (Wildman–Crippen MR) is 136 cm³/mol. The van der Waals surface area contributed by atoms with Crippen LogP contribution in [-0.4, -0.2) is 30.4 Å². The molecule has 0 aliphatic carbocycles. The molecule has 0 spiro atoms. The van der Waals surface area contributed by atoms with Crippen molar-refractivity contribution < 1.29 is 14.3 Å². The largest absolute Gasteiger partial charge is 0.483 e. The van der Waals surface area contributed by atoms with Crippen LogP contribution in [0.3, 0.4) is 0 Å². The molecule has 0 bridgehead atoms. The maximum Gasteiger partial charge on any atom is 0.262 e. The lowest BCUT2D eigenvalue weighted by atomic mass is 9.86. The Balaban J connectivity index is 1.69. The zero-order valence-corrected chi connectivity index (χ0v) is 21.0. The molecular weight excluding hydrogens is 480 g/mol. The van der Waals surface area contributed by atoms with E-state index in [4.69, 9.17) is 4.74 Å². The van der Waals surface area contributed by atoms with Gasteiger partial charge in [-0.1, -0.05) is 79.2 Å². The second-order valence-electron chi connectivity index (χ2n) is 8.92. The summed E-state index contributed by atoms with van der Waals surface area (Å²) in [4.78, 5) is 27.4. The fourth-order valence-corrected chi connectivity index (χ4v) is 3.82. The highest BCUT2D eigenvalue weighted by atomic mass is 79.9. The molecule has 2 amide bonds. The minimum Gasteiger partial charge on any atom is -0.483 e. The Bertz CT molecular complexity index is 1120. The second-order valence-corrected chi connectivity index (χ2v) is 9.84. The number of benzene rings is 3. The van der Waals surface area contributed by atoms with E-state index in [0.29, 0.717) is 23.5 Å². The first-order valence-electron chi connectivity index (χ1n) is 10.8. The number of halogens is 1. The first-order chi connectivity index (χ1) is 15.6. The van der Waals surface area contributed by atoms with E-state index in [1.54, 1.807) is 36.2 Å². The Morgan fingerprint density at radius 2 is 1.64 bits per heavy atom. The van der Waals surface area contributed by atoms with Crippen molar-refractivity contribution >= 4 is 33.4 Å². The summed E-state index contributed by atoms with van der Waals surface area (Å²) in [7, 11) is 1.75. The Morgan fingerprint density at radius 1 is 0.970 bits per heavy atom. The fourth-order valence-electron chi connectivity index (χ4n) is 3.46. The molecule has 0 aromatic heterocycles. The lowest BCUT2D eigenvalue weighted by Crippen LogP contribution is -2.28. The molecule has 33 heavy (non-hydrogen) atoms. The summed E-state index contributed by atoms with van der Waals surface area (Å²) < 4.78 is 6.81. The number of hydrogen-bond acceptors (Lipinski definition) is 3. The van der Waals surface area contributed by atoms with Crippen molar-refractivity contribution in [3.63, 3.8) is 0 Å². The quantitative estimate of drug-likeness (QED) is 0.423. The summed E-state index contributed by atoms with van der Waals surface area (Å²) in [6.45, 7) is 6.60. The number of ether oxygens (including phenoxy) is 1. The van der Waals surface area contributed by atoms with Gasteiger partial charge >= 0.3 is 0 Å². The van der Waals surface area contributed by atoms with Gasteiger partial charge in [-0.05, 0) is 41.3 Å². The maximum atomic E-state index is 13.1. The van der Waals surface area contributed by atoms with Gasteiger partial charge in [-0.2, -0.15) is 0 Å². The number of para-hydroxylation sites is 1. The van der Waals surface area contributed by atoms with Gasteiger partial charge in [0, 0.05) is 23.6 Å². The van der Waals surface area contributed by atoms with Gasteiger partial charge < -0.3 is 15.0 Å². The number of nitrogens with one attached hydrogen (secondary N) is 1.